The summed E-state index contributed by atoms with van der Waals surface area (Å²) in [6, 6.07) is 7.04. The van der Waals surface area contributed by atoms with Crippen LogP contribution < -0.4 is 10.1 Å². The quantitative estimate of drug-likeness (QED) is 0.825. The number of nitrogens with zero attached hydrogens (tertiary/aromatic N) is 1. The minimum absolute atomic E-state index is 0.183. The van der Waals surface area contributed by atoms with E-state index in [1.807, 2.05) is 24.3 Å². The summed E-state index contributed by atoms with van der Waals surface area (Å²) in [6.45, 7) is 1.13. The third-order valence-corrected chi connectivity index (χ3v) is 3.41. The molecule has 20 heavy (non-hydrogen) atoms. The molecule has 0 bridgehead atoms. The lowest BCUT2D eigenvalue weighted by Crippen LogP contribution is -2.43. The van der Waals surface area contributed by atoms with Crippen molar-refractivity contribution >= 4 is 18.8 Å². The van der Waals surface area contributed by atoms with E-state index in [0.29, 0.717) is 13.2 Å². The molecule has 1 fully saturated rings. The molecule has 6 nitrogen and oxygen atoms in total. The summed E-state index contributed by atoms with van der Waals surface area (Å²) < 4.78 is 17.8. The van der Waals surface area contributed by atoms with Gasteiger partial charge < -0.3 is 19.5 Å². The van der Waals surface area contributed by atoms with E-state index in [9.17, 15) is 4.79 Å². The van der Waals surface area contributed by atoms with Gasteiger partial charge in [0.1, 0.15) is 5.75 Å². The van der Waals surface area contributed by atoms with Gasteiger partial charge in [0.2, 0.25) is 5.79 Å². The molecule has 0 atom stereocenters. The topological polar surface area (TPSA) is 60.0 Å². The zero-order valence-electron chi connectivity index (χ0n) is 11.5. The summed E-state index contributed by atoms with van der Waals surface area (Å²) in [5.74, 6) is -0.239. The van der Waals surface area contributed by atoms with Gasteiger partial charge in [0.05, 0.1) is 26.9 Å². The molecular formula is C13H18N2O4S. The van der Waals surface area contributed by atoms with E-state index in [0.717, 1.165) is 11.3 Å². The molecule has 2 amide bonds. The zero-order valence-corrected chi connectivity index (χ0v) is 12.4. The fourth-order valence-corrected chi connectivity index (χ4v) is 2.33. The Kier molecular flexibility index (Phi) is 4.74. The van der Waals surface area contributed by atoms with Crippen molar-refractivity contribution in [1.29, 1.82) is 0 Å². The van der Waals surface area contributed by atoms with E-state index in [-0.39, 0.29) is 12.6 Å². The van der Waals surface area contributed by atoms with Gasteiger partial charge in [-0.2, -0.15) is 0 Å². The molecule has 0 unspecified atom stereocenters. The maximum absolute atomic E-state index is 11.6. The van der Waals surface area contributed by atoms with Crippen molar-refractivity contribution in [2.45, 2.75) is 5.79 Å². The van der Waals surface area contributed by atoms with Crippen LogP contribution in [0.1, 0.15) is 5.56 Å². The van der Waals surface area contributed by atoms with Gasteiger partial charge in [0.15, 0.2) is 0 Å². The van der Waals surface area contributed by atoms with E-state index in [1.165, 1.54) is 4.31 Å². The summed E-state index contributed by atoms with van der Waals surface area (Å²) in [7, 11) is 3.15. The third kappa shape index (κ3) is 3.00. The number of carbonyl (C=O) groups is 1. The molecule has 1 aliphatic heterocycles. The summed E-state index contributed by atoms with van der Waals surface area (Å²) >= 11 is 4.16. The normalized spacial score (nSPS) is 16.8. The molecule has 0 aliphatic carbocycles. The number of benzene rings is 1. The smallest absolute Gasteiger partial charge is 0.327 e. The second kappa shape index (κ2) is 6.34. The molecule has 1 N–H and O–H groups in total. The van der Waals surface area contributed by atoms with Crippen LogP contribution in [0, 0.1) is 0 Å². The molecule has 1 aromatic rings. The highest BCUT2D eigenvalue weighted by Gasteiger charge is 2.41. The monoisotopic (exact) mass is 298 g/mol. The van der Waals surface area contributed by atoms with Crippen molar-refractivity contribution in [2.24, 2.45) is 0 Å². The van der Waals surface area contributed by atoms with E-state index in [2.05, 4.69) is 18.1 Å². The Hall–Kier alpha value is -1.44. The molecule has 1 saturated heterocycles. The highest BCUT2D eigenvalue weighted by molar-refractivity contribution is 7.78. The molecule has 0 saturated carbocycles. The summed E-state index contributed by atoms with van der Waals surface area (Å²) in [4.78, 5) is 11.6. The first-order valence-corrected chi connectivity index (χ1v) is 6.62. The van der Waals surface area contributed by atoms with Crippen LogP contribution in [0.3, 0.4) is 0 Å². The first kappa shape index (κ1) is 15.0. The maximum Gasteiger partial charge on any atom is 0.327 e. The van der Waals surface area contributed by atoms with Crippen molar-refractivity contribution in [3.05, 3.63) is 29.8 Å². The van der Waals surface area contributed by atoms with Gasteiger partial charge in [-0.1, -0.05) is 12.8 Å². The fourth-order valence-electron chi connectivity index (χ4n) is 2.05. The predicted octanol–water partition coefficient (Wildman–Crippen LogP) is 1.38. The van der Waals surface area contributed by atoms with Crippen LogP contribution in [0.4, 0.5) is 4.79 Å². The van der Waals surface area contributed by atoms with Crippen LogP contribution >= 0.6 is 12.8 Å². The first-order chi connectivity index (χ1) is 9.61. The SMILES string of the molecule is CNC(=O)N(S)CC1(c2ccc(OC)cc2)OCCO1. The number of nitrogens with one attached hydrogen (secondary N) is 1. The number of carbonyl (C=O) groups excluding carboxylic acids is 1. The number of rotatable bonds is 4. The molecule has 1 heterocycles. The Labute approximate surface area is 123 Å². The molecule has 0 radical (unpaired) electrons. The van der Waals surface area contributed by atoms with Crippen LogP contribution in [0.25, 0.3) is 0 Å². The summed E-state index contributed by atoms with van der Waals surface area (Å²) in [6.07, 6.45) is 0. The van der Waals surface area contributed by atoms with Gasteiger partial charge in [0, 0.05) is 12.6 Å². The summed E-state index contributed by atoms with van der Waals surface area (Å²) in [5, 5.41) is 2.51. The van der Waals surface area contributed by atoms with Crippen LogP contribution in [-0.2, 0) is 15.3 Å². The Morgan fingerprint density at radius 3 is 2.50 bits per heavy atom. The average Bonchev–Trinajstić information content (AvgIpc) is 2.96. The molecular weight excluding hydrogens is 280 g/mol. The maximum atomic E-state index is 11.6. The standard InChI is InChI=1S/C13H18N2O4S/c1-14-12(16)15(20)9-13(18-7-8-19-13)10-3-5-11(17-2)6-4-10/h3-6,20H,7-9H2,1-2H3,(H,14,16). The minimum Gasteiger partial charge on any atom is -0.497 e. The van der Waals surface area contributed by atoms with E-state index < -0.39 is 5.79 Å². The van der Waals surface area contributed by atoms with Crippen LogP contribution in [-0.4, -0.2) is 44.3 Å². The van der Waals surface area contributed by atoms with E-state index in [1.54, 1.807) is 14.2 Å². The lowest BCUT2D eigenvalue weighted by molar-refractivity contribution is -0.167. The van der Waals surface area contributed by atoms with Gasteiger partial charge >= 0.3 is 6.03 Å². The first-order valence-electron chi connectivity index (χ1n) is 6.22. The van der Waals surface area contributed by atoms with Crippen molar-refractivity contribution in [1.82, 2.24) is 9.62 Å². The highest BCUT2D eigenvalue weighted by atomic mass is 32.1. The fraction of sp³-hybridized carbons (Fsp3) is 0.462. The number of urea groups is 1. The van der Waals surface area contributed by atoms with Crippen molar-refractivity contribution < 1.29 is 19.0 Å². The predicted molar refractivity (Wildman–Crippen MR) is 76.7 cm³/mol. The highest BCUT2D eigenvalue weighted by Crippen LogP contribution is 2.33. The number of thiol groups is 1. The second-order valence-electron chi connectivity index (χ2n) is 4.29. The zero-order chi connectivity index (χ0) is 14.6. The number of amides is 2. The largest absolute Gasteiger partial charge is 0.497 e. The minimum atomic E-state index is -0.986. The molecule has 2 rings (SSSR count). The van der Waals surface area contributed by atoms with Gasteiger partial charge in [-0.05, 0) is 24.3 Å². The molecule has 0 spiro atoms. The molecule has 0 aromatic heterocycles. The number of ether oxygens (including phenoxy) is 3. The second-order valence-corrected chi connectivity index (χ2v) is 4.77. The number of methoxy groups -OCH3 is 1. The third-order valence-electron chi connectivity index (χ3n) is 3.09. The average molecular weight is 298 g/mol. The van der Waals surface area contributed by atoms with Crippen LogP contribution in [0.15, 0.2) is 24.3 Å². The van der Waals surface area contributed by atoms with Crippen LogP contribution in [0.2, 0.25) is 0 Å². The van der Waals surface area contributed by atoms with E-state index >= 15 is 0 Å². The van der Waals surface area contributed by atoms with Crippen molar-refractivity contribution in [2.75, 3.05) is 33.9 Å². The molecule has 110 valence electrons. The number of hydrogen-bond donors (Lipinski definition) is 2. The molecule has 1 aromatic carbocycles. The Morgan fingerprint density at radius 1 is 1.40 bits per heavy atom. The van der Waals surface area contributed by atoms with Gasteiger partial charge in [-0.25, -0.2) is 4.79 Å². The van der Waals surface area contributed by atoms with Gasteiger partial charge in [0.25, 0.3) is 0 Å². The number of hydrogen-bond acceptors (Lipinski definition) is 5. The Morgan fingerprint density at radius 2 is 2.00 bits per heavy atom. The Balaban J connectivity index is 2.22. The lowest BCUT2D eigenvalue weighted by Gasteiger charge is -2.31. The summed E-state index contributed by atoms with van der Waals surface area (Å²) in [5.41, 5.74) is 0.818. The van der Waals surface area contributed by atoms with E-state index in [4.69, 9.17) is 14.2 Å². The van der Waals surface area contributed by atoms with Gasteiger partial charge in [-0.3, -0.25) is 4.31 Å². The molecule has 7 heteroatoms. The molecule has 1 aliphatic rings. The van der Waals surface area contributed by atoms with Crippen molar-refractivity contribution in [3.63, 3.8) is 0 Å². The van der Waals surface area contributed by atoms with Crippen LogP contribution in [0.5, 0.6) is 5.75 Å². The lowest BCUT2D eigenvalue weighted by atomic mass is 10.1. The van der Waals surface area contributed by atoms with Gasteiger partial charge in [-0.15, -0.1) is 0 Å². The van der Waals surface area contributed by atoms with Crippen molar-refractivity contribution in [3.8, 4) is 5.75 Å². The Bertz CT molecular complexity index is 460.